The average molecular weight is 317 g/mol. The fourth-order valence-corrected chi connectivity index (χ4v) is 2.11. The molecule has 0 fully saturated rings. The summed E-state index contributed by atoms with van der Waals surface area (Å²) >= 11 is 0. The number of rotatable bonds is 5. The third-order valence-electron chi connectivity index (χ3n) is 3.35. The van der Waals surface area contributed by atoms with Crippen molar-refractivity contribution in [3.05, 3.63) is 50.4 Å². The van der Waals surface area contributed by atoms with Crippen LogP contribution in [0, 0.1) is 6.92 Å². The summed E-state index contributed by atoms with van der Waals surface area (Å²) in [5.41, 5.74) is 0.459. The van der Waals surface area contributed by atoms with Gasteiger partial charge in [-0.1, -0.05) is 0 Å². The molecule has 0 atom stereocenters. The fraction of sp³-hybridized carbons (Fsp3) is 0.333. The van der Waals surface area contributed by atoms with Crippen molar-refractivity contribution in [2.24, 2.45) is 0 Å². The normalized spacial score (nSPS) is 10.4. The van der Waals surface area contributed by atoms with Gasteiger partial charge in [0.1, 0.15) is 5.82 Å². The lowest BCUT2D eigenvalue weighted by molar-refractivity contribution is -0.116. The highest BCUT2D eigenvalue weighted by Crippen LogP contribution is 2.12. The van der Waals surface area contributed by atoms with Crippen molar-refractivity contribution >= 4 is 17.4 Å². The Balaban J connectivity index is 1.98. The zero-order valence-corrected chi connectivity index (χ0v) is 13.3. The van der Waals surface area contributed by atoms with Crippen LogP contribution in [0.5, 0.6) is 0 Å². The standard InChI is InChI=1S/C15H19N5O3/c1-9-11(14(22)19-15(23)17-9)5-7-13(21)18-10-4-6-12(16-8-10)20(2)3/h4,6,8H,5,7H2,1-3H3,(H,18,21)(H2,17,19,22,23). The third-order valence-corrected chi connectivity index (χ3v) is 3.35. The topological polar surface area (TPSA) is 111 Å². The third kappa shape index (κ3) is 4.29. The van der Waals surface area contributed by atoms with Crippen molar-refractivity contribution in [3.8, 4) is 0 Å². The van der Waals surface area contributed by atoms with E-state index >= 15 is 0 Å². The summed E-state index contributed by atoms with van der Waals surface area (Å²) in [7, 11) is 3.76. The van der Waals surface area contributed by atoms with Crippen molar-refractivity contribution in [3.63, 3.8) is 0 Å². The average Bonchev–Trinajstić information content (AvgIpc) is 2.46. The summed E-state index contributed by atoms with van der Waals surface area (Å²) in [6.45, 7) is 1.63. The number of pyridine rings is 1. The Bertz CT molecular complexity index is 805. The molecule has 2 heterocycles. The maximum Gasteiger partial charge on any atom is 0.325 e. The summed E-state index contributed by atoms with van der Waals surface area (Å²) in [4.78, 5) is 45.5. The lowest BCUT2D eigenvalue weighted by Crippen LogP contribution is -2.27. The molecular formula is C15H19N5O3. The Labute approximate surface area is 132 Å². The summed E-state index contributed by atoms with van der Waals surface area (Å²) in [6.07, 6.45) is 1.95. The minimum Gasteiger partial charge on any atom is -0.363 e. The van der Waals surface area contributed by atoms with Gasteiger partial charge in [0.05, 0.1) is 11.9 Å². The number of aromatic nitrogens is 3. The Morgan fingerprint density at radius 2 is 2.00 bits per heavy atom. The quantitative estimate of drug-likeness (QED) is 0.739. The minimum absolute atomic E-state index is 0.130. The number of hydrogen-bond acceptors (Lipinski definition) is 5. The zero-order valence-electron chi connectivity index (χ0n) is 13.3. The molecule has 0 spiro atoms. The highest BCUT2D eigenvalue weighted by atomic mass is 16.2. The predicted octanol–water partition coefficient (Wildman–Crippen LogP) is 0.404. The number of carbonyl (C=O) groups excluding carboxylic acids is 1. The van der Waals surface area contributed by atoms with Gasteiger partial charge in [-0.15, -0.1) is 0 Å². The van der Waals surface area contributed by atoms with Gasteiger partial charge < -0.3 is 15.2 Å². The molecule has 2 rings (SSSR count). The van der Waals surface area contributed by atoms with Gasteiger partial charge in [0.25, 0.3) is 5.56 Å². The van der Waals surface area contributed by atoms with E-state index in [4.69, 9.17) is 0 Å². The van der Waals surface area contributed by atoms with E-state index in [9.17, 15) is 14.4 Å². The van der Waals surface area contributed by atoms with Crippen molar-refractivity contribution < 1.29 is 4.79 Å². The minimum atomic E-state index is -0.548. The molecule has 0 aromatic carbocycles. The van der Waals surface area contributed by atoms with Crippen molar-refractivity contribution in [1.82, 2.24) is 15.0 Å². The molecule has 3 N–H and O–H groups in total. The molecule has 23 heavy (non-hydrogen) atoms. The molecule has 0 aliphatic carbocycles. The molecule has 0 aliphatic heterocycles. The molecule has 0 unspecified atom stereocenters. The lowest BCUT2D eigenvalue weighted by Gasteiger charge is -2.11. The van der Waals surface area contributed by atoms with Crippen molar-refractivity contribution in [2.75, 3.05) is 24.3 Å². The molecule has 8 heteroatoms. The van der Waals surface area contributed by atoms with Crippen LogP contribution in [0.4, 0.5) is 11.5 Å². The summed E-state index contributed by atoms with van der Waals surface area (Å²) in [5.74, 6) is 0.563. The van der Waals surface area contributed by atoms with Gasteiger partial charge in [-0.3, -0.25) is 14.6 Å². The van der Waals surface area contributed by atoms with Crippen LogP contribution in [0.15, 0.2) is 27.9 Å². The van der Waals surface area contributed by atoms with Gasteiger partial charge >= 0.3 is 5.69 Å². The van der Waals surface area contributed by atoms with Crippen LogP contribution >= 0.6 is 0 Å². The monoisotopic (exact) mass is 317 g/mol. The van der Waals surface area contributed by atoms with Gasteiger partial charge in [0, 0.05) is 31.8 Å². The predicted molar refractivity (Wildman–Crippen MR) is 87.9 cm³/mol. The van der Waals surface area contributed by atoms with Crippen LogP contribution in [-0.4, -0.2) is 35.0 Å². The zero-order chi connectivity index (χ0) is 17.0. The molecule has 0 aliphatic rings. The molecule has 2 aromatic heterocycles. The summed E-state index contributed by atoms with van der Waals surface area (Å²) in [5, 5.41) is 2.72. The molecule has 8 nitrogen and oxygen atoms in total. The van der Waals surface area contributed by atoms with Crippen LogP contribution in [0.3, 0.4) is 0 Å². The number of amides is 1. The second-order valence-corrected chi connectivity index (χ2v) is 5.36. The maximum atomic E-state index is 12.0. The largest absolute Gasteiger partial charge is 0.363 e. The molecule has 0 saturated carbocycles. The van der Waals surface area contributed by atoms with Crippen LogP contribution in [-0.2, 0) is 11.2 Å². The smallest absolute Gasteiger partial charge is 0.325 e. The van der Waals surface area contributed by atoms with Crippen LogP contribution in [0.1, 0.15) is 17.7 Å². The van der Waals surface area contributed by atoms with E-state index in [1.54, 1.807) is 25.3 Å². The van der Waals surface area contributed by atoms with E-state index < -0.39 is 11.2 Å². The number of aryl methyl sites for hydroxylation is 1. The van der Waals surface area contributed by atoms with Gasteiger partial charge in [-0.25, -0.2) is 9.78 Å². The number of H-pyrrole nitrogens is 2. The van der Waals surface area contributed by atoms with E-state index in [0.29, 0.717) is 16.9 Å². The van der Waals surface area contributed by atoms with Gasteiger partial charge in [-0.2, -0.15) is 0 Å². The second kappa shape index (κ2) is 6.91. The number of aromatic amines is 2. The highest BCUT2D eigenvalue weighted by Gasteiger charge is 2.09. The van der Waals surface area contributed by atoms with E-state index in [0.717, 1.165) is 5.82 Å². The Morgan fingerprint density at radius 1 is 1.26 bits per heavy atom. The van der Waals surface area contributed by atoms with Crippen molar-refractivity contribution in [1.29, 1.82) is 0 Å². The first kappa shape index (κ1) is 16.5. The number of nitrogens with one attached hydrogen (secondary N) is 3. The van der Waals surface area contributed by atoms with Gasteiger partial charge in [0.15, 0.2) is 0 Å². The van der Waals surface area contributed by atoms with Crippen LogP contribution in [0.25, 0.3) is 0 Å². The SMILES string of the molecule is Cc1[nH]c(=O)[nH]c(=O)c1CCC(=O)Nc1ccc(N(C)C)nc1. The Hall–Kier alpha value is -2.90. The van der Waals surface area contributed by atoms with Crippen LogP contribution < -0.4 is 21.5 Å². The first-order chi connectivity index (χ1) is 10.9. The maximum absolute atomic E-state index is 12.0. The molecule has 0 bridgehead atoms. The number of carbonyl (C=O) groups is 1. The first-order valence-electron chi connectivity index (χ1n) is 7.12. The van der Waals surface area contributed by atoms with Crippen molar-refractivity contribution in [2.45, 2.75) is 19.8 Å². The summed E-state index contributed by atoms with van der Waals surface area (Å²) in [6, 6.07) is 3.56. The summed E-state index contributed by atoms with van der Waals surface area (Å²) < 4.78 is 0. The highest BCUT2D eigenvalue weighted by molar-refractivity contribution is 5.90. The van der Waals surface area contributed by atoms with E-state index in [-0.39, 0.29) is 18.7 Å². The van der Waals surface area contributed by atoms with E-state index in [2.05, 4.69) is 20.3 Å². The first-order valence-corrected chi connectivity index (χ1v) is 7.12. The second-order valence-electron chi connectivity index (χ2n) is 5.36. The van der Waals surface area contributed by atoms with E-state index in [1.807, 2.05) is 19.0 Å². The number of nitrogens with zero attached hydrogens (tertiary/aromatic N) is 2. The molecular weight excluding hydrogens is 298 g/mol. The number of hydrogen-bond donors (Lipinski definition) is 3. The molecule has 122 valence electrons. The fourth-order valence-electron chi connectivity index (χ4n) is 2.11. The van der Waals surface area contributed by atoms with Crippen LogP contribution in [0.2, 0.25) is 0 Å². The Kier molecular flexibility index (Phi) is 4.95. The Morgan fingerprint density at radius 3 is 2.57 bits per heavy atom. The van der Waals surface area contributed by atoms with Gasteiger partial charge in [-0.05, 0) is 25.5 Å². The molecule has 0 saturated heterocycles. The van der Waals surface area contributed by atoms with E-state index in [1.165, 1.54) is 0 Å². The molecule has 2 aromatic rings. The molecule has 0 radical (unpaired) electrons. The van der Waals surface area contributed by atoms with Gasteiger partial charge in [0.2, 0.25) is 5.91 Å². The number of anilines is 2. The lowest BCUT2D eigenvalue weighted by atomic mass is 10.1. The molecule has 1 amide bonds.